The third-order valence-electron chi connectivity index (χ3n) is 4.17. The second kappa shape index (κ2) is 5.78. The van der Waals surface area contributed by atoms with Crippen LogP contribution in [-0.4, -0.2) is 16.2 Å². The summed E-state index contributed by atoms with van der Waals surface area (Å²) in [6, 6.07) is 18.8. The Morgan fingerprint density at radius 3 is 2.77 bits per heavy atom. The molecule has 1 atom stereocenters. The van der Waals surface area contributed by atoms with Crippen molar-refractivity contribution in [1.29, 1.82) is 0 Å². The number of fused-ring (bicyclic) bond motifs is 1. The lowest BCUT2D eigenvalue weighted by Gasteiger charge is -2.26. The highest BCUT2D eigenvalue weighted by molar-refractivity contribution is 5.57. The van der Waals surface area contributed by atoms with Gasteiger partial charge in [0.25, 0.3) is 0 Å². The predicted octanol–water partition coefficient (Wildman–Crippen LogP) is 3.86. The summed E-state index contributed by atoms with van der Waals surface area (Å²) in [6.07, 6.45) is 5.10. The van der Waals surface area contributed by atoms with Crippen molar-refractivity contribution in [3.8, 4) is 11.3 Å². The molecule has 1 unspecified atom stereocenters. The van der Waals surface area contributed by atoms with Crippen LogP contribution in [0.15, 0.2) is 67.1 Å². The SMILES string of the molecule is c1ccc(-c2cn(CC3OCCc4ccccc43)cn2)cc1. The smallest absolute Gasteiger partial charge is 0.101 e. The fourth-order valence-electron chi connectivity index (χ4n) is 3.04. The molecule has 4 rings (SSSR count). The molecule has 0 amide bonds. The van der Waals surface area contributed by atoms with Gasteiger partial charge >= 0.3 is 0 Å². The minimum Gasteiger partial charge on any atom is -0.371 e. The van der Waals surface area contributed by atoms with E-state index in [1.54, 1.807) is 0 Å². The topological polar surface area (TPSA) is 27.1 Å². The summed E-state index contributed by atoms with van der Waals surface area (Å²) in [5, 5.41) is 0. The molecule has 0 spiro atoms. The highest BCUT2D eigenvalue weighted by Gasteiger charge is 2.20. The van der Waals surface area contributed by atoms with Crippen molar-refractivity contribution >= 4 is 0 Å². The molecule has 2 aromatic carbocycles. The monoisotopic (exact) mass is 290 g/mol. The lowest BCUT2D eigenvalue weighted by molar-refractivity contribution is 0.0306. The van der Waals surface area contributed by atoms with Gasteiger partial charge in [-0.3, -0.25) is 0 Å². The molecule has 0 N–H and O–H groups in total. The van der Waals surface area contributed by atoms with Crippen molar-refractivity contribution < 1.29 is 4.74 Å². The number of imidazole rings is 1. The van der Waals surface area contributed by atoms with Gasteiger partial charge in [-0.1, -0.05) is 54.6 Å². The van der Waals surface area contributed by atoms with Crippen molar-refractivity contribution in [2.45, 2.75) is 19.1 Å². The fourth-order valence-corrected chi connectivity index (χ4v) is 3.04. The summed E-state index contributed by atoms with van der Waals surface area (Å²) in [6.45, 7) is 1.60. The van der Waals surface area contributed by atoms with Gasteiger partial charge in [0.1, 0.15) is 6.10 Å². The van der Waals surface area contributed by atoms with Gasteiger partial charge in [0.15, 0.2) is 0 Å². The maximum atomic E-state index is 5.97. The predicted molar refractivity (Wildman–Crippen MR) is 86.5 cm³/mol. The van der Waals surface area contributed by atoms with E-state index in [1.807, 2.05) is 24.5 Å². The van der Waals surface area contributed by atoms with Crippen LogP contribution in [0.5, 0.6) is 0 Å². The van der Waals surface area contributed by atoms with Crippen LogP contribution in [0, 0.1) is 0 Å². The van der Waals surface area contributed by atoms with Crippen molar-refractivity contribution in [1.82, 2.24) is 9.55 Å². The first kappa shape index (κ1) is 13.3. The van der Waals surface area contributed by atoms with Gasteiger partial charge < -0.3 is 9.30 Å². The van der Waals surface area contributed by atoms with Crippen LogP contribution < -0.4 is 0 Å². The van der Waals surface area contributed by atoms with E-state index in [2.05, 4.69) is 52.1 Å². The molecular weight excluding hydrogens is 272 g/mol. The molecule has 1 aliphatic heterocycles. The van der Waals surface area contributed by atoms with Crippen molar-refractivity contribution in [2.24, 2.45) is 0 Å². The fraction of sp³-hybridized carbons (Fsp3) is 0.211. The number of rotatable bonds is 3. The molecule has 3 heteroatoms. The Balaban J connectivity index is 1.57. The average Bonchev–Trinajstić information content (AvgIpc) is 3.05. The Bertz CT molecular complexity index is 764. The molecule has 0 saturated carbocycles. The first-order valence-corrected chi connectivity index (χ1v) is 7.67. The summed E-state index contributed by atoms with van der Waals surface area (Å²) >= 11 is 0. The van der Waals surface area contributed by atoms with Gasteiger partial charge in [-0.05, 0) is 17.5 Å². The van der Waals surface area contributed by atoms with E-state index < -0.39 is 0 Å². The minimum absolute atomic E-state index is 0.114. The number of hydrogen-bond acceptors (Lipinski definition) is 2. The molecule has 0 aliphatic carbocycles. The van der Waals surface area contributed by atoms with E-state index in [9.17, 15) is 0 Å². The molecule has 22 heavy (non-hydrogen) atoms. The van der Waals surface area contributed by atoms with Crippen molar-refractivity contribution in [2.75, 3.05) is 6.61 Å². The molecule has 0 radical (unpaired) electrons. The van der Waals surface area contributed by atoms with Crippen LogP contribution in [0.1, 0.15) is 17.2 Å². The number of aromatic nitrogens is 2. The van der Waals surface area contributed by atoms with Crippen LogP contribution in [0.2, 0.25) is 0 Å². The maximum Gasteiger partial charge on any atom is 0.101 e. The molecule has 3 nitrogen and oxygen atoms in total. The Morgan fingerprint density at radius 1 is 1.05 bits per heavy atom. The van der Waals surface area contributed by atoms with Crippen LogP contribution in [0.3, 0.4) is 0 Å². The lowest BCUT2D eigenvalue weighted by atomic mass is 9.97. The van der Waals surface area contributed by atoms with E-state index in [0.29, 0.717) is 0 Å². The molecule has 110 valence electrons. The minimum atomic E-state index is 0.114. The molecule has 1 aliphatic rings. The van der Waals surface area contributed by atoms with Crippen molar-refractivity contribution in [3.05, 3.63) is 78.2 Å². The van der Waals surface area contributed by atoms with Gasteiger partial charge in [-0.15, -0.1) is 0 Å². The third kappa shape index (κ3) is 2.55. The number of ether oxygens (including phenoxy) is 1. The van der Waals surface area contributed by atoms with Gasteiger partial charge in [0, 0.05) is 11.8 Å². The normalized spacial score (nSPS) is 17.2. The average molecular weight is 290 g/mol. The molecule has 2 heterocycles. The van der Waals surface area contributed by atoms with Crippen LogP contribution in [-0.2, 0) is 17.7 Å². The second-order valence-corrected chi connectivity index (χ2v) is 5.63. The number of benzene rings is 2. The van der Waals surface area contributed by atoms with Gasteiger partial charge in [0.2, 0.25) is 0 Å². The van der Waals surface area contributed by atoms with Crippen LogP contribution in [0.4, 0.5) is 0 Å². The Hall–Kier alpha value is -2.39. The van der Waals surface area contributed by atoms with E-state index in [-0.39, 0.29) is 6.10 Å². The van der Waals surface area contributed by atoms with Crippen LogP contribution in [0.25, 0.3) is 11.3 Å². The molecule has 3 aromatic rings. The highest BCUT2D eigenvalue weighted by atomic mass is 16.5. The zero-order valence-corrected chi connectivity index (χ0v) is 12.4. The summed E-state index contributed by atoms with van der Waals surface area (Å²) in [4.78, 5) is 4.52. The molecule has 0 saturated heterocycles. The largest absolute Gasteiger partial charge is 0.371 e. The summed E-state index contributed by atoms with van der Waals surface area (Å²) < 4.78 is 8.09. The first-order valence-electron chi connectivity index (χ1n) is 7.67. The van der Waals surface area contributed by atoms with E-state index >= 15 is 0 Å². The van der Waals surface area contributed by atoms with Crippen molar-refractivity contribution in [3.63, 3.8) is 0 Å². The van der Waals surface area contributed by atoms with E-state index in [0.717, 1.165) is 30.8 Å². The standard InChI is InChI=1S/C19H18N2O/c1-2-7-16(8-3-1)18-12-21(14-20-18)13-19-17-9-5-4-6-15(17)10-11-22-19/h1-9,12,14,19H,10-11,13H2. The quantitative estimate of drug-likeness (QED) is 0.732. The highest BCUT2D eigenvalue weighted by Crippen LogP contribution is 2.28. The van der Waals surface area contributed by atoms with Gasteiger partial charge in [-0.25, -0.2) is 4.98 Å². The number of hydrogen-bond donors (Lipinski definition) is 0. The molecule has 0 bridgehead atoms. The summed E-state index contributed by atoms with van der Waals surface area (Å²) in [5.74, 6) is 0. The van der Waals surface area contributed by atoms with E-state index in [1.165, 1.54) is 11.1 Å². The van der Waals surface area contributed by atoms with Gasteiger partial charge in [-0.2, -0.15) is 0 Å². The molecule has 0 fully saturated rings. The Morgan fingerprint density at radius 2 is 1.86 bits per heavy atom. The summed E-state index contributed by atoms with van der Waals surface area (Å²) in [5.41, 5.74) is 4.86. The van der Waals surface area contributed by atoms with Gasteiger partial charge in [0.05, 0.1) is 25.2 Å². The molecular formula is C19H18N2O. The second-order valence-electron chi connectivity index (χ2n) is 5.63. The number of nitrogens with zero attached hydrogens (tertiary/aromatic N) is 2. The van der Waals surface area contributed by atoms with E-state index in [4.69, 9.17) is 4.74 Å². The first-order chi connectivity index (χ1) is 10.9. The Kier molecular flexibility index (Phi) is 3.49. The molecule has 1 aromatic heterocycles. The van der Waals surface area contributed by atoms with Crippen LogP contribution >= 0.6 is 0 Å². The third-order valence-corrected chi connectivity index (χ3v) is 4.17. The Labute approximate surface area is 130 Å². The summed E-state index contributed by atoms with van der Waals surface area (Å²) in [7, 11) is 0. The lowest BCUT2D eigenvalue weighted by Crippen LogP contribution is -2.20. The zero-order chi connectivity index (χ0) is 14.8. The maximum absolute atomic E-state index is 5.97. The zero-order valence-electron chi connectivity index (χ0n) is 12.4.